The fraction of sp³-hybridized carbons (Fsp3) is 0.562. The first-order valence-electron chi connectivity index (χ1n) is 7.44. The molecule has 1 unspecified atom stereocenters. The largest absolute Gasteiger partial charge is 0.497 e. The van der Waals surface area contributed by atoms with E-state index in [0.717, 1.165) is 43.9 Å². The Bertz CT molecular complexity index is 462. The lowest BCUT2D eigenvalue weighted by molar-refractivity contribution is -0.143. The Hall–Kier alpha value is -1.30. The number of nitrogens with one attached hydrogen (secondary N) is 1. The molecular weight excluding hydrogens is 304 g/mol. The number of nitrogens with zero attached hydrogens (tertiary/aromatic N) is 1. The molecule has 1 atom stereocenters. The molecule has 1 heterocycles. The summed E-state index contributed by atoms with van der Waals surface area (Å²) in [5, 5.41) is 3.29. The van der Waals surface area contributed by atoms with Crippen LogP contribution in [0.3, 0.4) is 0 Å². The van der Waals surface area contributed by atoms with Crippen LogP contribution in [-0.4, -0.2) is 50.2 Å². The van der Waals surface area contributed by atoms with Gasteiger partial charge in [0.05, 0.1) is 13.7 Å². The van der Waals surface area contributed by atoms with Gasteiger partial charge in [0.2, 0.25) is 0 Å². The van der Waals surface area contributed by atoms with Gasteiger partial charge in [-0.1, -0.05) is 12.1 Å². The van der Waals surface area contributed by atoms with Gasteiger partial charge in [-0.15, -0.1) is 12.4 Å². The van der Waals surface area contributed by atoms with E-state index in [9.17, 15) is 4.79 Å². The molecule has 1 aromatic carbocycles. The summed E-state index contributed by atoms with van der Waals surface area (Å²) >= 11 is 0. The van der Waals surface area contributed by atoms with E-state index in [-0.39, 0.29) is 18.3 Å². The Morgan fingerprint density at radius 2 is 2.18 bits per heavy atom. The Kier molecular flexibility index (Phi) is 8.24. The lowest BCUT2D eigenvalue weighted by atomic mass is 10.2. The van der Waals surface area contributed by atoms with E-state index >= 15 is 0 Å². The Morgan fingerprint density at radius 1 is 1.36 bits per heavy atom. The highest BCUT2D eigenvalue weighted by Gasteiger charge is 2.21. The number of hydrogen-bond acceptors (Lipinski definition) is 4. The highest BCUT2D eigenvalue weighted by Crippen LogP contribution is 2.14. The van der Waals surface area contributed by atoms with Gasteiger partial charge < -0.3 is 19.7 Å². The maximum absolute atomic E-state index is 12.3. The van der Waals surface area contributed by atoms with Gasteiger partial charge in [-0.2, -0.15) is 0 Å². The first-order chi connectivity index (χ1) is 10.2. The molecule has 0 bridgehead atoms. The predicted molar refractivity (Wildman–Crippen MR) is 88.6 cm³/mol. The number of hydrogen-bond donors (Lipinski definition) is 1. The molecule has 1 saturated heterocycles. The fourth-order valence-corrected chi connectivity index (χ4v) is 2.38. The van der Waals surface area contributed by atoms with Gasteiger partial charge in [0.15, 0.2) is 0 Å². The maximum Gasteiger partial charge on any atom is 0.251 e. The first-order valence-corrected chi connectivity index (χ1v) is 7.44. The third-order valence-corrected chi connectivity index (χ3v) is 3.63. The number of halogens is 1. The summed E-state index contributed by atoms with van der Waals surface area (Å²) in [5.74, 6) is 0.871. The first kappa shape index (κ1) is 18.7. The van der Waals surface area contributed by atoms with Crippen LogP contribution >= 0.6 is 12.4 Å². The molecule has 124 valence electrons. The monoisotopic (exact) mass is 328 g/mol. The second-order valence-corrected chi connectivity index (χ2v) is 5.23. The van der Waals surface area contributed by atoms with Gasteiger partial charge in [0.25, 0.3) is 5.91 Å². The lowest BCUT2D eigenvalue weighted by Gasteiger charge is -2.24. The molecule has 0 spiro atoms. The molecule has 1 fully saturated rings. The standard InChI is InChI=1S/C16H24N2O3.ClH/c1-13(16(19)18-9-4-7-17-8-10-18)21-12-14-5-3-6-15(11-14)20-2;/h3,5-6,11,13,17H,4,7-10,12H2,1-2H3;1H. The zero-order valence-corrected chi connectivity index (χ0v) is 14.0. The van der Waals surface area contributed by atoms with Gasteiger partial charge in [0.1, 0.15) is 11.9 Å². The predicted octanol–water partition coefficient (Wildman–Crippen LogP) is 1.84. The fourth-order valence-electron chi connectivity index (χ4n) is 2.38. The number of carbonyl (C=O) groups excluding carboxylic acids is 1. The van der Waals surface area contributed by atoms with Crippen molar-refractivity contribution in [2.45, 2.75) is 26.1 Å². The minimum Gasteiger partial charge on any atom is -0.497 e. The van der Waals surface area contributed by atoms with E-state index in [4.69, 9.17) is 9.47 Å². The van der Waals surface area contributed by atoms with Crippen molar-refractivity contribution in [3.05, 3.63) is 29.8 Å². The highest BCUT2D eigenvalue weighted by atomic mass is 35.5. The molecule has 22 heavy (non-hydrogen) atoms. The number of amides is 1. The van der Waals surface area contributed by atoms with Crippen molar-refractivity contribution in [1.82, 2.24) is 10.2 Å². The quantitative estimate of drug-likeness (QED) is 0.896. The summed E-state index contributed by atoms with van der Waals surface area (Å²) in [6.07, 6.45) is 0.572. The van der Waals surface area contributed by atoms with E-state index in [1.165, 1.54) is 0 Å². The Balaban J connectivity index is 0.00000242. The second-order valence-electron chi connectivity index (χ2n) is 5.23. The molecular formula is C16H25ClN2O3. The molecule has 1 N–H and O–H groups in total. The summed E-state index contributed by atoms with van der Waals surface area (Å²) in [7, 11) is 1.64. The summed E-state index contributed by atoms with van der Waals surface area (Å²) in [5.41, 5.74) is 1.01. The molecule has 0 saturated carbocycles. The van der Waals surface area contributed by atoms with Crippen LogP contribution in [0.25, 0.3) is 0 Å². The Morgan fingerprint density at radius 3 is 2.95 bits per heavy atom. The zero-order valence-electron chi connectivity index (χ0n) is 13.2. The van der Waals surface area contributed by atoms with Crippen molar-refractivity contribution < 1.29 is 14.3 Å². The molecule has 1 aromatic rings. The van der Waals surface area contributed by atoms with E-state index in [1.807, 2.05) is 36.1 Å². The van der Waals surface area contributed by atoms with Gasteiger partial charge >= 0.3 is 0 Å². The topological polar surface area (TPSA) is 50.8 Å². The van der Waals surface area contributed by atoms with Crippen molar-refractivity contribution in [2.24, 2.45) is 0 Å². The van der Waals surface area contributed by atoms with Crippen LogP contribution in [-0.2, 0) is 16.1 Å². The summed E-state index contributed by atoms with van der Waals surface area (Å²) < 4.78 is 10.9. The summed E-state index contributed by atoms with van der Waals surface area (Å²) in [6.45, 7) is 5.62. The third-order valence-electron chi connectivity index (χ3n) is 3.63. The SMILES string of the molecule is COc1cccc(COC(C)C(=O)N2CCCNCC2)c1.Cl. The van der Waals surface area contributed by atoms with Gasteiger partial charge in [0, 0.05) is 19.6 Å². The van der Waals surface area contributed by atoms with E-state index < -0.39 is 6.10 Å². The van der Waals surface area contributed by atoms with Gasteiger partial charge in [-0.3, -0.25) is 4.79 Å². The molecule has 0 aliphatic carbocycles. The number of rotatable bonds is 5. The van der Waals surface area contributed by atoms with E-state index in [0.29, 0.717) is 6.61 Å². The molecule has 1 aliphatic heterocycles. The lowest BCUT2D eigenvalue weighted by Crippen LogP contribution is -2.41. The molecule has 1 amide bonds. The summed E-state index contributed by atoms with van der Waals surface area (Å²) in [6, 6.07) is 7.70. The van der Waals surface area contributed by atoms with Crippen LogP contribution in [0.5, 0.6) is 5.75 Å². The van der Waals surface area contributed by atoms with Gasteiger partial charge in [-0.25, -0.2) is 0 Å². The minimum atomic E-state index is -0.422. The molecule has 0 radical (unpaired) electrons. The molecule has 0 aromatic heterocycles. The van der Waals surface area contributed by atoms with Crippen molar-refractivity contribution >= 4 is 18.3 Å². The zero-order chi connectivity index (χ0) is 15.1. The minimum absolute atomic E-state index is 0. The van der Waals surface area contributed by atoms with Crippen LogP contribution in [0.15, 0.2) is 24.3 Å². The van der Waals surface area contributed by atoms with Crippen LogP contribution in [0.4, 0.5) is 0 Å². The second kappa shape index (κ2) is 9.66. The van der Waals surface area contributed by atoms with E-state index in [2.05, 4.69) is 5.32 Å². The average molecular weight is 329 g/mol. The van der Waals surface area contributed by atoms with Crippen molar-refractivity contribution in [3.63, 3.8) is 0 Å². The Labute approximate surface area is 138 Å². The molecule has 1 aliphatic rings. The number of carbonyl (C=O) groups is 1. The molecule has 6 heteroatoms. The van der Waals surface area contributed by atoms with Crippen molar-refractivity contribution in [1.29, 1.82) is 0 Å². The molecule has 5 nitrogen and oxygen atoms in total. The van der Waals surface area contributed by atoms with Crippen LogP contribution in [0.2, 0.25) is 0 Å². The maximum atomic E-state index is 12.3. The smallest absolute Gasteiger partial charge is 0.251 e. The molecule has 2 rings (SSSR count). The van der Waals surface area contributed by atoms with Crippen LogP contribution in [0.1, 0.15) is 18.9 Å². The van der Waals surface area contributed by atoms with Crippen molar-refractivity contribution in [3.8, 4) is 5.75 Å². The average Bonchev–Trinajstić information content (AvgIpc) is 2.81. The number of ether oxygens (including phenoxy) is 2. The number of benzene rings is 1. The number of methoxy groups -OCH3 is 1. The normalized spacial score (nSPS) is 16.4. The van der Waals surface area contributed by atoms with Crippen LogP contribution in [0, 0.1) is 0 Å². The van der Waals surface area contributed by atoms with E-state index in [1.54, 1.807) is 7.11 Å². The highest BCUT2D eigenvalue weighted by molar-refractivity contribution is 5.85. The van der Waals surface area contributed by atoms with Gasteiger partial charge in [-0.05, 0) is 37.6 Å². The third kappa shape index (κ3) is 5.48. The summed E-state index contributed by atoms with van der Waals surface area (Å²) in [4.78, 5) is 14.2. The van der Waals surface area contributed by atoms with Crippen LogP contribution < -0.4 is 10.1 Å². The van der Waals surface area contributed by atoms with Crippen molar-refractivity contribution in [2.75, 3.05) is 33.3 Å².